The molecule has 4 heteroatoms. The van der Waals surface area contributed by atoms with Crippen LogP contribution in [0.1, 0.15) is 19.0 Å². The molecule has 2 heterocycles. The second-order valence-electron chi connectivity index (χ2n) is 4.47. The van der Waals surface area contributed by atoms with Gasteiger partial charge in [0.1, 0.15) is 6.26 Å². The van der Waals surface area contributed by atoms with Gasteiger partial charge in [0.05, 0.1) is 11.3 Å². The quantitative estimate of drug-likeness (QED) is 0.712. The molecule has 0 fully saturated rings. The van der Waals surface area contributed by atoms with Gasteiger partial charge in [-0.25, -0.2) is 4.98 Å². The maximum Gasteiger partial charge on any atom is 0.227 e. The highest BCUT2D eigenvalue weighted by Crippen LogP contribution is 2.33. The number of thiophene rings is 1. The molecule has 0 bridgehead atoms. The van der Waals surface area contributed by atoms with Gasteiger partial charge in [-0.15, -0.1) is 11.3 Å². The van der Waals surface area contributed by atoms with Gasteiger partial charge in [-0.1, -0.05) is 25.1 Å². The van der Waals surface area contributed by atoms with Crippen molar-refractivity contribution in [3.8, 4) is 11.5 Å². The number of rotatable bonds is 5. The highest BCUT2D eigenvalue weighted by atomic mass is 32.1. The van der Waals surface area contributed by atoms with Crippen LogP contribution >= 0.6 is 11.3 Å². The van der Waals surface area contributed by atoms with Crippen LogP contribution in [0.5, 0.6) is 0 Å². The number of oxazole rings is 1. The van der Waals surface area contributed by atoms with E-state index >= 15 is 0 Å². The lowest BCUT2D eigenvalue weighted by atomic mass is 10.2. The van der Waals surface area contributed by atoms with Crippen molar-refractivity contribution in [1.29, 1.82) is 0 Å². The van der Waals surface area contributed by atoms with Crippen LogP contribution in [0.4, 0.5) is 0 Å². The maximum absolute atomic E-state index is 5.60. The van der Waals surface area contributed by atoms with Crippen LogP contribution in [0.15, 0.2) is 40.3 Å². The zero-order valence-electron chi connectivity index (χ0n) is 10.8. The molecule has 0 saturated carbocycles. The molecule has 98 valence electrons. The van der Waals surface area contributed by atoms with Gasteiger partial charge < -0.3 is 9.73 Å². The normalized spacial score (nSPS) is 11.2. The molecule has 0 aliphatic rings. The zero-order chi connectivity index (χ0) is 13.1. The van der Waals surface area contributed by atoms with Gasteiger partial charge in [0.25, 0.3) is 0 Å². The minimum atomic E-state index is 0.714. The van der Waals surface area contributed by atoms with Crippen molar-refractivity contribution in [2.45, 2.75) is 19.9 Å². The highest BCUT2D eigenvalue weighted by molar-refractivity contribution is 7.17. The summed E-state index contributed by atoms with van der Waals surface area (Å²) in [5.74, 6) is 0.714. The first-order valence-corrected chi connectivity index (χ1v) is 7.38. The fraction of sp³-hybridized carbons (Fsp3) is 0.267. The third kappa shape index (κ3) is 2.55. The van der Waals surface area contributed by atoms with Crippen molar-refractivity contribution in [2.24, 2.45) is 0 Å². The topological polar surface area (TPSA) is 38.1 Å². The summed E-state index contributed by atoms with van der Waals surface area (Å²) in [5.41, 5.74) is 2.04. The van der Waals surface area contributed by atoms with E-state index in [9.17, 15) is 0 Å². The number of nitrogens with zero attached hydrogens (tertiary/aromatic N) is 1. The zero-order valence-corrected chi connectivity index (χ0v) is 11.7. The van der Waals surface area contributed by atoms with Crippen molar-refractivity contribution in [2.75, 3.05) is 6.54 Å². The lowest BCUT2D eigenvalue weighted by Crippen LogP contribution is -2.13. The number of hydrogen-bond donors (Lipinski definition) is 1. The van der Waals surface area contributed by atoms with Crippen molar-refractivity contribution in [3.63, 3.8) is 0 Å². The second-order valence-corrected chi connectivity index (χ2v) is 5.38. The van der Waals surface area contributed by atoms with E-state index in [0.717, 1.165) is 30.8 Å². The number of nitrogens with one attached hydrogen (secondary N) is 1. The number of aromatic nitrogens is 1. The SMILES string of the molecule is CCCNCc1coc(-c2csc3ccccc23)n1. The largest absolute Gasteiger partial charge is 0.444 e. The number of hydrogen-bond acceptors (Lipinski definition) is 4. The van der Waals surface area contributed by atoms with E-state index in [2.05, 4.69) is 40.8 Å². The van der Waals surface area contributed by atoms with Crippen molar-refractivity contribution < 1.29 is 4.42 Å². The molecular formula is C15H16N2OS. The summed E-state index contributed by atoms with van der Waals surface area (Å²) in [4.78, 5) is 4.55. The lowest BCUT2D eigenvalue weighted by Gasteiger charge is -1.97. The molecule has 19 heavy (non-hydrogen) atoms. The third-order valence-electron chi connectivity index (χ3n) is 3.00. The van der Waals surface area contributed by atoms with Crippen molar-refractivity contribution >= 4 is 21.4 Å². The summed E-state index contributed by atoms with van der Waals surface area (Å²) in [5, 5.41) is 6.65. The molecule has 0 radical (unpaired) electrons. The van der Waals surface area contributed by atoms with Crippen LogP contribution in [0, 0.1) is 0 Å². The molecule has 3 nitrogen and oxygen atoms in total. The predicted molar refractivity (Wildman–Crippen MR) is 79.3 cm³/mol. The summed E-state index contributed by atoms with van der Waals surface area (Å²) in [6, 6.07) is 8.33. The smallest absolute Gasteiger partial charge is 0.227 e. The molecule has 0 spiro atoms. The van der Waals surface area contributed by atoms with Crippen LogP contribution in [0.25, 0.3) is 21.5 Å². The Hall–Kier alpha value is -1.65. The first-order valence-electron chi connectivity index (χ1n) is 6.50. The van der Waals surface area contributed by atoms with Gasteiger partial charge >= 0.3 is 0 Å². The molecule has 0 aliphatic heterocycles. The first-order chi connectivity index (χ1) is 9.38. The van der Waals surface area contributed by atoms with E-state index in [4.69, 9.17) is 4.42 Å². The number of benzene rings is 1. The Balaban J connectivity index is 1.86. The molecule has 3 aromatic rings. The number of fused-ring (bicyclic) bond motifs is 1. The molecule has 0 amide bonds. The van der Waals surface area contributed by atoms with E-state index in [1.807, 2.05) is 6.07 Å². The fourth-order valence-corrected chi connectivity index (χ4v) is 2.98. The molecule has 0 atom stereocenters. The summed E-state index contributed by atoms with van der Waals surface area (Å²) in [7, 11) is 0. The highest BCUT2D eigenvalue weighted by Gasteiger charge is 2.11. The predicted octanol–water partition coefficient (Wildman–Crippen LogP) is 4.06. The monoisotopic (exact) mass is 272 g/mol. The van der Waals surface area contributed by atoms with E-state index in [0.29, 0.717) is 5.89 Å². The Labute approximate surface area is 116 Å². The van der Waals surface area contributed by atoms with Crippen LogP contribution in [0.3, 0.4) is 0 Å². The van der Waals surface area contributed by atoms with E-state index in [1.54, 1.807) is 17.6 Å². The Morgan fingerprint density at radius 3 is 3.11 bits per heavy atom. The molecule has 1 aromatic carbocycles. The molecule has 3 rings (SSSR count). The van der Waals surface area contributed by atoms with Crippen LogP contribution < -0.4 is 5.32 Å². The molecular weight excluding hydrogens is 256 g/mol. The molecule has 0 unspecified atom stereocenters. The van der Waals surface area contributed by atoms with Crippen molar-refractivity contribution in [3.05, 3.63) is 41.6 Å². The summed E-state index contributed by atoms with van der Waals surface area (Å²) >= 11 is 1.72. The van der Waals surface area contributed by atoms with Gasteiger partial charge in [-0.3, -0.25) is 0 Å². The first kappa shape index (κ1) is 12.4. The van der Waals surface area contributed by atoms with E-state index < -0.39 is 0 Å². The van der Waals surface area contributed by atoms with Gasteiger partial charge in [0.2, 0.25) is 5.89 Å². The van der Waals surface area contributed by atoms with Gasteiger partial charge in [-0.05, 0) is 19.0 Å². The summed E-state index contributed by atoms with van der Waals surface area (Å²) < 4.78 is 6.87. The van der Waals surface area contributed by atoms with Gasteiger partial charge in [0.15, 0.2) is 0 Å². The minimum absolute atomic E-state index is 0.714. The Kier molecular flexibility index (Phi) is 3.62. The lowest BCUT2D eigenvalue weighted by molar-refractivity contribution is 0.570. The Morgan fingerprint density at radius 2 is 2.21 bits per heavy atom. The average molecular weight is 272 g/mol. The van der Waals surface area contributed by atoms with Crippen LogP contribution in [0.2, 0.25) is 0 Å². The molecule has 1 N–H and O–H groups in total. The van der Waals surface area contributed by atoms with E-state index in [-0.39, 0.29) is 0 Å². The minimum Gasteiger partial charge on any atom is -0.444 e. The maximum atomic E-state index is 5.60. The van der Waals surface area contributed by atoms with Gasteiger partial charge in [-0.2, -0.15) is 0 Å². The van der Waals surface area contributed by atoms with Gasteiger partial charge in [0, 0.05) is 22.0 Å². The van der Waals surface area contributed by atoms with Crippen LogP contribution in [-0.2, 0) is 6.54 Å². The third-order valence-corrected chi connectivity index (χ3v) is 3.96. The van der Waals surface area contributed by atoms with E-state index in [1.165, 1.54) is 10.1 Å². The molecule has 0 saturated heterocycles. The average Bonchev–Trinajstić information content (AvgIpc) is 3.05. The summed E-state index contributed by atoms with van der Waals surface area (Å²) in [6.45, 7) is 3.92. The Morgan fingerprint density at radius 1 is 1.32 bits per heavy atom. The molecule has 0 aliphatic carbocycles. The fourth-order valence-electron chi connectivity index (χ4n) is 2.05. The summed E-state index contributed by atoms with van der Waals surface area (Å²) in [6.07, 6.45) is 2.87. The second kappa shape index (κ2) is 5.55. The Bertz CT molecular complexity index is 671. The standard InChI is InChI=1S/C15H16N2OS/c1-2-7-16-8-11-9-18-15(17-11)13-10-19-14-6-4-3-5-12(13)14/h3-6,9-10,16H,2,7-8H2,1H3. The molecule has 2 aromatic heterocycles. The van der Waals surface area contributed by atoms with Crippen LogP contribution in [-0.4, -0.2) is 11.5 Å². The van der Waals surface area contributed by atoms with Crippen molar-refractivity contribution in [1.82, 2.24) is 10.3 Å².